The van der Waals surface area contributed by atoms with Crippen molar-refractivity contribution in [1.82, 2.24) is 9.88 Å². The molecular weight excluding hydrogens is 428 g/mol. The first kappa shape index (κ1) is 20.5. The molecule has 2 aromatic heterocycles. The van der Waals surface area contributed by atoms with Crippen molar-refractivity contribution in [2.24, 2.45) is 5.41 Å². The summed E-state index contributed by atoms with van der Waals surface area (Å²) in [6.45, 7) is 2.24. The van der Waals surface area contributed by atoms with Crippen molar-refractivity contribution in [3.63, 3.8) is 0 Å². The summed E-state index contributed by atoms with van der Waals surface area (Å²) in [7, 11) is 1.80. The van der Waals surface area contributed by atoms with Gasteiger partial charge >= 0.3 is 0 Å². The van der Waals surface area contributed by atoms with Gasteiger partial charge in [0.2, 0.25) is 0 Å². The predicted octanol–water partition coefficient (Wildman–Crippen LogP) is 4.34. The summed E-state index contributed by atoms with van der Waals surface area (Å²) in [6, 6.07) is 19.0. The van der Waals surface area contributed by atoms with Crippen LogP contribution in [-0.2, 0) is 10.3 Å². The number of nitrogens with one attached hydrogen (secondary N) is 2. The quantitative estimate of drug-likeness (QED) is 0.452. The third kappa shape index (κ3) is 2.28. The fourth-order valence-electron chi connectivity index (χ4n) is 6.07. The summed E-state index contributed by atoms with van der Waals surface area (Å²) in [6.07, 6.45) is 3.17. The van der Waals surface area contributed by atoms with E-state index in [9.17, 15) is 14.9 Å². The van der Waals surface area contributed by atoms with Crippen LogP contribution >= 0.6 is 0 Å². The van der Waals surface area contributed by atoms with Crippen LogP contribution in [0, 0.1) is 23.7 Å². The summed E-state index contributed by atoms with van der Waals surface area (Å²) < 4.78 is 5.76. The van der Waals surface area contributed by atoms with E-state index >= 15 is 0 Å². The van der Waals surface area contributed by atoms with E-state index < -0.39 is 22.7 Å². The Morgan fingerprint density at radius 3 is 2.79 bits per heavy atom. The van der Waals surface area contributed by atoms with E-state index in [4.69, 9.17) is 4.42 Å². The van der Waals surface area contributed by atoms with Gasteiger partial charge in [-0.25, -0.2) is 0 Å². The molecule has 2 aliphatic heterocycles. The predicted molar refractivity (Wildman–Crippen MR) is 126 cm³/mol. The van der Waals surface area contributed by atoms with Gasteiger partial charge in [-0.1, -0.05) is 35.9 Å². The Morgan fingerprint density at radius 1 is 1.21 bits per heavy atom. The van der Waals surface area contributed by atoms with Gasteiger partial charge in [-0.15, -0.1) is 0 Å². The lowest BCUT2D eigenvalue weighted by atomic mass is 9.59. The molecule has 2 N–H and O–H groups in total. The number of H-pyrrole nitrogens is 1. The summed E-state index contributed by atoms with van der Waals surface area (Å²) in [5.74, 6) is -0.926. The van der Waals surface area contributed by atoms with E-state index in [0.717, 1.165) is 11.1 Å². The van der Waals surface area contributed by atoms with Crippen molar-refractivity contribution in [2.75, 3.05) is 18.9 Å². The number of aromatic nitrogens is 1. The smallest absolute Gasteiger partial charge is 0.251 e. The van der Waals surface area contributed by atoms with Crippen molar-refractivity contribution in [3.8, 4) is 6.07 Å². The van der Waals surface area contributed by atoms with Crippen LogP contribution in [0.5, 0.6) is 0 Å². The van der Waals surface area contributed by atoms with Crippen molar-refractivity contribution in [2.45, 2.75) is 18.4 Å². The highest BCUT2D eigenvalue weighted by Crippen LogP contribution is 2.63. The largest absolute Gasteiger partial charge is 0.469 e. The molecule has 2 aromatic carbocycles. The SMILES string of the molecule is Cc1ccc2c(c1)C1(C(=O)N2)N(C)C[C@@H](c2ccco2)[C@]1(C#N)C(=O)c1c[nH]c2ccccc12. The first-order valence-corrected chi connectivity index (χ1v) is 11.1. The number of nitriles is 1. The number of likely N-dealkylation sites (tertiary alicyclic amines) is 1. The maximum absolute atomic E-state index is 14.6. The second-order valence-electron chi connectivity index (χ2n) is 9.16. The second kappa shape index (κ2) is 6.92. The highest BCUT2D eigenvalue weighted by molar-refractivity contribution is 6.18. The van der Waals surface area contributed by atoms with Crippen LogP contribution in [0.3, 0.4) is 0 Å². The summed E-state index contributed by atoms with van der Waals surface area (Å²) >= 11 is 0. The Hall–Kier alpha value is -4.15. The van der Waals surface area contributed by atoms with Gasteiger partial charge in [0.1, 0.15) is 5.76 Å². The summed E-state index contributed by atoms with van der Waals surface area (Å²) in [5, 5.41) is 14.6. The number of carbonyl (C=O) groups is 2. The molecular formula is C27H22N4O3. The average molecular weight is 450 g/mol. The number of Topliss-reactive ketones (excluding diaryl/α,β-unsaturated/α-hetero) is 1. The molecule has 168 valence electrons. The van der Waals surface area contributed by atoms with Gasteiger partial charge < -0.3 is 14.7 Å². The lowest BCUT2D eigenvalue weighted by Crippen LogP contribution is -2.58. The number of para-hydroxylation sites is 1. The molecule has 1 saturated heterocycles. The van der Waals surface area contributed by atoms with Crippen LogP contribution < -0.4 is 5.32 Å². The topological polar surface area (TPSA) is 102 Å². The molecule has 4 heterocycles. The number of nitrogens with zero attached hydrogens (tertiary/aromatic N) is 2. The van der Waals surface area contributed by atoms with Gasteiger partial charge in [0.05, 0.1) is 18.3 Å². The highest BCUT2D eigenvalue weighted by atomic mass is 16.3. The van der Waals surface area contributed by atoms with Gasteiger partial charge in [0.25, 0.3) is 5.91 Å². The molecule has 7 nitrogen and oxygen atoms in total. The number of rotatable bonds is 3. The van der Waals surface area contributed by atoms with E-state index in [1.54, 1.807) is 25.4 Å². The molecule has 0 bridgehead atoms. The molecule has 1 fully saturated rings. The zero-order valence-electron chi connectivity index (χ0n) is 18.8. The minimum atomic E-state index is -1.77. The molecule has 6 rings (SSSR count). The van der Waals surface area contributed by atoms with Crippen LogP contribution in [0.1, 0.15) is 33.2 Å². The first-order valence-electron chi connectivity index (χ1n) is 11.1. The lowest BCUT2D eigenvalue weighted by Gasteiger charge is -2.40. The number of hydrogen-bond acceptors (Lipinski definition) is 5. The number of ketones is 1. The first-order chi connectivity index (χ1) is 16.4. The maximum Gasteiger partial charge on any atom is 0.251 e. The summed E-state index contributed by atoms with van der Waals surface area (Å²) in [4.78, 5) is 33.5. The van der Waals surface area contributed by atoms with Crippen LogP contribution in [-0.4, -0.2) is 35.2 Å². The van der Waals surface area contributed by atoms with Gasteiger partial charge in [-0.3, -0.25) is 14.5 Å². The fourth-order valence-corrected chi connectivity index (χ4v) is 6.07. The number of fused-ring (bicyclic) bond motifs is 3. The standard InChI is InChI=1S/C27H22N4O3/c1-16-9-10-22-19(12-16)27(25(33)30-22)26(15-28,20(14-31(27)2)23-8-5-11-34-23)24(32)18-13-29-21-7-4-3-6-17(18)21/h3-13,20,29H,14H2,1-2H3,(H,30,33)/t20-,26+,27?/m0/s1. The van der Waals surface area contributed by atoms with Crippen LogP contribution in [0.25, 0.3) is 10.9 Å². The van der Waals surface area contributed by atoms with Gasteiger partial charge in [0, 0.05) is 40.5 Å². The second-order valence-corrected chi connectivity index (χ2v) is 9.16. The van der Waals surface area contributed by atoms with Gasteiger partial charge in [-0.05, 0) is 38.2 Å². The zero-order chi connectivity index (χ0) is 23.7. The minimum absolute atomic E-state index is 0.302. The number of amides is 1. The molecule has 34 heavy (non-hydrogen) atoms. The number of anilines is 1. The van der Waals surface area contributed by atoms with E-state index in [1.807, 2.05) is 54.3 Å². The molecule has 0 saturated carbocycles. The van der Waals surface area contributed by atoms with E-state index in [-0.39, 0.29) is 5.91 Å². The number of aryl methyl sites for hydroxylation is 1. The summed E-state index contributed by atoms with van der Waals surface area (Å²) in [5.41, 5.74) is 0.0934. The number of benzene rings is 2. The Balaban J connectivity index is 1.70. The van der Waals surface area contributed by atoms with Crippen molar-refractivity contribution in [3.05, 3.63) is 89.5 Å². The zero-order valence-corrected chi connectivity index (χ0v) is 18.8. The Bertz CT molecular complexity index is 1510. The number of carbonyl (C=O) groups excluding carboxylic acids is 2. The van der Waals surface area contributed by atoms with Crippen molar-refractivity contribution in [1.29, 1.82) is 5.26 Å². The minimum Gasteiger partial charge on any atom is -0.469 e. The monoisotopic (exact) mass is 450 g/mol. The fraction of sp³-hybridized carbons (Fsp3) is 0.222. The third-order valence-electron chi connectivity index (χ3n) is 7.52. The third-order valence-corrected chi connectivity index (χ3v) is 7.52. The molecule has 0 aliphatic carbocycles. The van der Waals surface area contributed by atoms with E-state index in [0.29, 0.717) is 34.5 Å². The Morgan fingerprint density at radius 2 is 2.03 bits per heavy atom. The Kier molecular flexibility index (Phi) is 4.17. The average Bonchev–Trinajstić information content (AvgIpc) is 3.60. The number of hydrogen-bond donors (Lipinski definition) is 2. The molecule has 4 aromatic rings. The van der Waals surface area contributed by atoms with Gasteiger partial charge in [-0.2, -0.15) is 5.26 Å². The van der Waals surface area contributed by atoms with Crippen LogP contribution in [0.4, 0.5) is 5.69 Å². The molecule has 2 aliphatic rings. The molecule has 3 atom stereocenters. The van der Waals surface area contributed by atoms with E-state index in [1.165, 1.54) is 6.26 Å². The molecule has 0 radical (unpaired) electrons. The van der Waals surface area contributed by atoms with Gasteiger partial charge in [0.15, 0.2) is 16.7 Å². The lowest BCUT2D eigenvalue weighted by molar-refractivity contribution is -0.128. The Labute approximate surface area is 196 Å². The molecule has 7 heteroatoms. The highest BCUT2D eigenvalue weighted by Gasteiger charge is 2.75. The molecule has 1 amide bonds. The maximum atomic E-state index is 14.6. The molecule has 1 unspecified atom stereocenters. The van der Waals surface area contributed by atoms with Crippen LogP contribution in [0.15, 0.2) is 71.5 Å². The number of aromatic amines is 1. The van der Waals surface area contributed by atoms with Crippen molar-refractivity contribution < 1.29 is 14.0 Å². The van der Waals surface area contributed by atoms with Crippen LogP contribution in [0.2, 0.25) is 0 Å². The molecule has 1 spiro atoms. The van der Waals surface area contributed by atoms with E-state index in [2.05, 4.69) is 16.4 Å². The van der Waals surface area contributed by atoms with Crippen molar-refractivity contribution >= 4 is 28.3 Å². The normalized spacial score (nSPS) is 26.0. The number of likely N-dealkylation sites (N-methyl/N-ethyl adjacent to an activating group) is 1. The number of furan rings is 1.